The summed E-state index contributed by atoms with van der Waals surface area (Å²) in [5.41, 5.74) is 6.27. The van der Waals surface area contributed by atoms with E-state index in [-0.39, 0.29) is 17.9 Å². The second-order valence-electron chi connectivity index (χ2n) is 3.51. The minimum Gasteiger partial charge on any atom is -0.368 e. The molecule has 0 fully saturated rings. The summed E-state index contributed by atoms with van der Waals surface area (Å²) < 4.78 is 0. The van der Waals surface area contributed by atoms with E-state index in [1.165, 1.54) is 0 Å². The summed E-state index contributed by atoms with van der Waals surface area (Å²) in [6.45, 7) is 6.06. The van der Waals surface area contributed by atoms with Crippen LogP contribution in [-0.2, 0) is 4.79 Å². The molecule has 0 aliphatic carbocycles. The average Bonchev–Trinajstić information content (AvgIpc) is 2.16. The zero-order chi connectivity index (χ0) is 12.1. The van der Waals surface area contributed by atoms with E-state index in [0.717, 1.165) is 5.69 Å². The quantitative estimate of drug-likeness (QED) is 0.683. The summed E-state index contributed by atoms with van der Waals surface area (Å²) in [4.78, 5) is 19.4. The number of amides is 1. The fourth-order valence-corrected chi connectivity index (χ4v) is 1.28. The highest BCUT2D eigenvalue weighted by Crippen LogP contribution is 2.08. The number of nitrogens with two attached hydrogens (primary N) is 1. The van der Waals surface area contributed by atoms with Gasteiger partial charge < -0.3 is 16.4 Å². The molecule has 1 aromatic rings. The lowest BCUT2D eigenvalue weighted by atomic mass is 10.3. The van der Waals surface area contributed by atoms with E-state index in [0.29, 0.717) is 12.4 Å². The average molecular weight is 223 g/mol. The molecule has 0 saturated heterocycles. The number of aromatic nitrogens is 2. The minimum absolute atomic E-state index is 0.0719. The number of hydrogen-bond acceptors (Lipinski definition) is 5. The number of carbonyl (C=O) groups is 1. The molecular weight excluding hydrogens is 206 g/mol. The van der Waals surface area contributed by atoms with Gasteiger partial charge in [-0.05, 0) is 20.8 Å². The van der Waals surface area contributed by atoms with Crippen LogP contribution in [0.2, 0.25) is 0 Å². The minimum atomic E-state index is -0.353. The van der Waals surface area contributed by atoms with Gasteiger partial charge in [0.2, 0.25) is 11.9 Å². The number of anilines is 2. The molecule has 0 aliphatic rings. The molecule has 0 aliphatic heterocycles. The first-order chi connectivity index (χ1) is 7.52. The molecular formula is C10H17N5O. The van der Waals surface area contributed by atoms with Crippen LogP contribution in [0.4, 0.5) is 11.8 Å². The van der Waals surface area contributed by atoms with Gasteiger partial charge in [-0.1, -0.05) is 0 Å². The van der Waals surface area contributed by atoms with Gasteiger partial charge in [0.05, 0.1) is 0 Å². The van der Waals surface area contributed by atoms with E-state index >= 15 is 0 Å². The molecule has 0 saturated carbocycles. The van der Waals surface area contributed by atoms with Gasteiger partial charge in [0.1, 0.15) is 11.9 Å². The number of nitrogen functional groups attached to an aromatic ring is 1. The van der Waals surface area contributed by atoms with Gasteiger partial charge >= 0.3 is 0 Å². The second-order valence-corrected chi connectivity index (χ2v) is 3.51. The largest absolute Gasteiger partial charge is 0.368 e. The molecule has 88 valence electrons. The van der Waals surface area contributed by atoms with Crippen molar-refractivity contribution >= 4 is 17.7 Å². The maximum absolute atomic E-state index is 11.5. The molecule has 1 heterocycles. The van der Waals surface area contributed by atoms with E-state index in [4.69, 9.17) is 5.73 Å². The predicted molar refractivity (Wildman–Crippen MR) is 62.9 cm³/mol. The molecule has 1 aromatic heterocycles. The van der Waals surface area contributed by atoms with Gasteiger partial charge in [0.15, 0.2) is 0 Å². The van der Waals surface area contributed by atoms with Crippen molar-refractivity contribution in [2.75, 3.05) is 17.6 Å². The van der Waals surface area contributed by atoms with Gasteiger partial charge in [-0.2, -0.15) is 4.98 Å². The first-order valence-corrected chi connectivity index (χ1v) is 5.18. The van der Waals surface area contributed by atoms with Crippen molar-refractivity contribution in [1.29, 1.82) is 0 Å². The third kappa shape index (κ3) is 3.38. The van der Waals surface area contributed by atoms with E-state index in [9.17, 15) is 4.79 Å². The fraction of sp³-hybridized carbons (Fsp3) is 0.500. The molecule has 1 amide bonds. The van der Waals surface area contributed by atoms with Crippen LogP contribution >= 0.6 is 0 Å². The molecule has 0 aromatic carbocycles. The van der Waals surface area contributed by atoms with Gasteiger partial charge in [0.25, 0.3) is 0 Å². The molecule has 6 nitrogen and oxygen atoms in total. The summed E-state index contributed by atoms with van der Waals surface area (Å²) in [6, 6.07) is 1.39. The van der Waals surface area contributed by atoms with Crippen molar-refractivity contribution in [2.24, 2.45) is 0 Å². The fourth-order valence-electron chi connectivity index (χ4n) is 1.28. The van der Waals surface area contributed by atoms with Crippen molar-refractivity contribution in [3.05, 3.63) is 11.8 Å². The number of nitrogens with zero attached hydrogens (tertiary/aromatic N) is 2. The third-order valence-corrected chi connectivity index (χ3v) is 1.98. The maximum Gasteiger partial charge on any atom is 0.242 e. The van der Waals surface area contributed by atoms with Crippen molar-refractivity contribution in [1.82, 2.24) is 15.3 Å². The number of likely N-dealkylation sites (N-methyl/N-ethyl adjacent to an activating group) is 1. The van der Waals surface area contributed by atoms with Crippen LogP contribution in [0.1, 0.15) is 19.5 Å². The Morgan fingerprint density at radius 2 is 2.25 bits per heavy atom. The van der Waals surface area contributed by atoms with Crippen LogP contribution in [0.15, 0.2) is 6.07 Å². The topological polar surface area (TPSA) is 92.9 Å². The number of hydrogen-bond donors (Lipinski definition) is 3. The lowest BCUT2D eigenvalue weighted by molar-refractivity contribution is -0.121. The van der Waals surface area contributed by atoms with Crippen LogP contribution in [0.25, 0.3) is 0 Å². The lowest BCUT2D eigenvalue weighted by Crippen LogP contribution is -2.37. The van der Waals surface area contributed by atoms with Crippen molar-refractivity contribution in [3.63, 3.8) is 0 Å². The lowest BCUT2D eigenvalue weighted by Gasteiger charge is -2.14. The van der Waals surface area contributed by atoms with Gasteiger partial charge in [-0.3, -0.25) is 4.79 Å². The normalized spacial score (nSPS) is 11.9. The standard InChI is InChI=1S/C10H17N5O/c1-4-12-9(16)7(3)14-8-5-6(2)13-10(11)15-8/h5,7H,4H2,1-3H3,(H,12,16)(H3,11,13,14,15). The highest BCUT2D eigenvalue weighted by atomic mass is 16.2. The molecule has 16 heavy (non-hydrogen) atoms. The van der Waals surface area contributed by atoms with E-state index < -0.39 is 0 Å². The summed E-state index contributed by atoms with van der Waals surface area (Å²) >= 11 is 0. The Morgan fingerprint density at radius 3 is 2.81 bits per heavy atom. The number of carbonyl (C=O) groups excluding carboxylic acids is 1. The van der Waals surface area contributed by atoms with Crippen LogP contribution in [0, 0.1) is 6.92 Å². The Labute approximate surface area is 94.7 Å². The Morgan fingerprint density at radius 1 is 1.56 bits per heavy atom. The molecule has 0 bridgehead atoms. The Kier molecular flexibility index (Phi) is 4.04. The monoisotopic (exact) mass is 223 g/mol. The molecule has 1 atom stereocenters. The van der Waals surface area contributed by atoms with E-state index in [1.807, 2.05) is 13.8 Å². The van der Waals surface area contributed by atoms with Crippen LogP contribution < -0.4 is 16.4 Å². The maximum atomic E-state index is 11.5. The third-order valence-electron chi connectivity index (χ3n) is 1.98. The van der Waals surface area contributed by atoms with Crippen LogP contribution in [0.5, 0.6) is 0 Å². The Bertz CT molecular complexity index is 359. The van der Waals surface area contributed by atoms with Crippen molar-refractivity contribution < 1.29 is 4.79 Å². The summed E-state index contributed by atoms with van der Waals surface area (Å²) in [6.07, 6.45) is 0. The molecule has 4 N–H and O–H groups in total. The van der Waals surface area contributed by atoms with Gasteiger partial charge in [-0.15, -0.1) is 0 Å². The summed E-state index contributed by atoms with van der Waals surface area (Å²) in [5, 5.41) is 5.68. The number of aryl methyl sites for hydroxylation is 1. The molecule has 1 rings (SSSR count). The predicted octanol–water partition coefficient (Wildman–Crippen LogP) is 0.304. The first kappa shape index (κ1) is 12.2. The smallest absolute Gasteiger partial charge is 0.242 e. The van der Waals surface area contributed by atoms with E-state index in [2.05, 4.69) is 20.6 Å². The molecule has 0 spiro atoms. The SMILES string of the molecule is CCNC(=O)C(C)Nc1cc(C)nc(N)n1. The zero-order valence-corrected chi connectivity index (χ0v) is 9.74. The zero-order valence-electron chi connectivity index (χ0n) is 9.74. The Balaban J connectivity index is 2.69. The van der Waals surface area contributed by atoms with E-state index in [1.54, 1.807) is 13.0 Å². The number of nitrogens with one attached hydrogen (secondary N) is 2. The van der Waals surface area contributed by atoms with Gasteiger partial charge in [0, 0.05) is 18.3 Å². The first-order valence-electron chi connectivity index (χ1n) is 5.18. The van der Waals surface area contributed by atoms with Crippen molar-refractivity contribution in [2.45, 2.75) is 26.8 Å². The van der Waals surface area contributed by atoms with Crippen molar-refractivity contribution in [3.8, 4) is 0 Å². The van der Waals surface area contributed by atoms with Crippen LogP contribution in [-0.4, -0.2) is 28.5 Å². The second kappa shape index (κ2) is 5.29. The molecule has 0 radical (unpaired) electrons. The van der Waals surface area contributed by atoms with Gasteiger partial charge in [-0.25, -0.2) is 4.98 Å². The molecule has 1 unspecified atom stereocenters. The molecule has 6 heteroatoms. The highest BCUT2D eigenvalue weighted by Gasteiger charge is 2.12. The number of rotatable bonds is 4. The Hall–Kier alpha value is -1.85. The van der Waals surface area contributed by atoms with Crippen LogP contribution in [0.3, 0.4) is 0 Å². The summed E-state index contributed by atoms with van der Waals surface area (Å²) in [5.74, 6) is 0.687. The highest BCUT2D eigenvalue weighted by molar-refractivity contribution is 5.83. The summed E-state index contributed by atoms with van der Waals surface area (Å²) in [7, 11) is 0.